The average molecular weight is 320 g/mol. The topological polar surface area (TPSA) is 82.0 Å². The van der Waals surface area contributed by atoms with Gasteiger partial charge in [0, 0.05) is 13.3 Å². The lowest BCUT2D eigenvalue weighted by molar-refractivity contribution is 0.184. The Bertz CT molecular complexity index is 655. The van der Waals surface area contributed by atoms with Crippen LogP contribution in [-0.2, 0) is 26.9 Å². The molecule has 0 aliphatic carbocycles. The first-order valence-corrected chi connectivity index (χ1v) is 8.00. The molecule has 0 fully saturated rings. The van der Waals surface area contributed by atoms with Crippen molar-refractivity contribution in [2.75, 3.05) is 7.11 Å². The third kappa shape index (κ3) is 3.69. The summed E-state index contributed by atoms with van der Waals surface area (Å²) in [6.45, 7) is 0.316. The van der Waals surface area contributed by atoms with Crippen molar-refractivity contribution in [2.45, 2.75) is 17.4 Å². The number of sulfone groups is 1. The van der Waals surface area contributed by atoms with E-state index in [0.29, 0.717) is 21.6 Å². The zero-order chi connectivity index (χ0) is 13.9. The molecule has 0 saturated heterocycles. The molecule has 0 amide bonds. The summed E-state index contributed by atoms with van der Waals surface area (Å²) >= 11 is 6.87. The number of halogens is 1. The molecule has 0 saturated carbocycles. The molecule has 9 heteroatoms. The van der Waals surface area contributed by atoms with Gasteiger partial charge >= 0.3 is 0 Å². The van der Waals surface area contributed by atoms with Gasteiger partial charge in [-0.25, -0.2) is 13.4 Å². The quantitative estimate of drug-likeness (QED) is 0.834. The molecular formula is C10H10ClN3O3S2. The molecule has 0 unspecified atom stereocenters. The number of aromatic nitrogens is 3. The molecule has 6 nitrogen and oxygen atoms in total. The Morgan fingerprint density at radius 2 is 2.05 bits per heavy atom. The number of ether oxygens (including phenoxy) is 1. The summed E-state index contributed by atoms with van der Waals surface area (Å²) in [6.07, 6.45) is 1.30. The second kappa shape index (κ2) is 5.91. The Balaban J connectivity index is 2.18. The molecule has 19 heavy (non-hydrogen) atoms. The molecule has 0 N–H and O–H groups in total. The van der Waals surface area contributed by atoms with E-state index in [9.17, 15) is 8.42 Å². The number of hydrogen-bond acceptors (Lipinski definition) is 7. The molecular weight excluding hydrogens is 310 g/mol. The molecule has 0 bridgehead atoms. The van der Waals surface area contributed by atoms with Gasteiger partial charge in [0.2, 0.25) is 9.84 Å². The Hall–Kier alpha value is -1.09. The van der Waals surface area contributed by atoms with Crippen LogP contribution in [0.5, 0.6) is 0 Å². The maximum Gasteiger partial charge on any atom is 0.202 e. The van der Waals surface area contributed by atoms with Crippen molar-refractivity contribution < 1.29 is 13.2 Å². The van der Waals surface area contributed by atoms with Gasteiger partial charge in [-0.15, -0.1) is 10.2 Å². The second-order valence-corrected chi connectivity index (χ2v) is 7.12. The van der Waals surface area contributed by atoms with Crippen LogP contribution in [0.3, 0.4) is 0 Å². The fraction of sp³-hybridized carbons (Fsp3) is 0.300. The lowest BCUT2D eigenvalue weighted by Gasteiger charge is -2.00. The Morgan fingerprint density at radius 3 is 2.68 bits per heavy atom. The molecule has 2 aromatic rings. The smallest absolute Gasteiger partial charge is 0.202 e. The van der Waals surface area contributed by atoms with Crippen LogP contribution < -0.4 is 0 Å². The highest BCUT2D eigenvalue weighted by atomic mass is 35.5. The van der Waals surface area contributed by atoms with Crippen LogP contribution >= 0.6 is 22.9 Å². The van der Waals surface area contributed by atoms with Crippen LogP contribution in [0.2, 0.25) is 5.02 Å². The summed E-state index contributed by atoms with van der Waals surface area (Å²) in [5.41, 5.74) is 0. The maximum atomic E-state index is 12.1. The first-order valence-electron chi connectivity index (χ1n) is 5.16. The van der Waals surface area contributed by atoms with Gasteiger partial charge in [-0.3, -0.25) is 0 Å². The van der Waals surface area contributed by atoms with Gasteiger partial charge in [-0.05, 0) is 12.1 Å². The van der Waals surface area contributed by atoms with Crippen LogP contribution in [0.25, 0.3) is 0 Å². The summed E-state index contributed by atoms with van der Waals surface area (Å²) < 4.78 is 29.1. The SMILES string of the molecule is COCc1nnc(CS(=O)(=O)c2ccc(Cl)cn2)s1. The maximum absolute atomic E-state index is 12.1. The highest BCUT2D eigenvalue weighted by Crippen LogP contribution is 2.19. The Morgan fingerprint density at radius 1 is 1.32 bits per heavy atom. The first-order chi connectivity index (χ1) is 9.01. The molecule has 2 heterocycles. The molecule has 0 atom stereocenters. The Kier molecular flexibility index (Phi) is 4.46. The molecule has 2 aromatic heterocycles. The first kappa shape index (κ1) is 14.3. The minimum atomic E-state index is -3.53. The van der Waals surface area contributed by atoms with Gasteiger partial charge in [0.15, 0.2) is 5.03 Å². The van der Waals surface area contributed by atoms with Crippen molar-refractivity contribution in [2.24, 2.45) is 0 Å². The van der Waals surface area contributed by atoms with Crippen LogP contribution in [0, 0.1) is 0 Å². The molecule has 102 valence electrons. The fourth-order valence-corrected chi connectivity index (χ4v) is 3.76. The lowest BCUT2D eigenvalue weighted by atomic mass is 10.5. The Labute approximate surface area is 119 Å². The molecule has 0 radical (unpaired) electrons. The molecule has 0 aliphatic rings. The predicted octanol–water partition coefficient (Wildman–Crippen LogP) is 1.71. The molecule has 0 aromatic carbocycles. The minimum absolute atomic E-state index is 0.0274. The van der Waals surface area contributed by atoms with Crippen molar-refractivity contribution >= 4 is 32.8 Å². The van der Waals surface area contributed by atoms with Gasteiger partial charge in [0.25, 0.3) is 0 Å². The van der Waals surface area contributed by atoms with Crippen molar-refractivity contribution in [3.05, 3.63) is 33.4 Å². The van der Waals surface area contributed by atoms with Crippen LogP contribution in [-0.4, -0.2) is 30.7 Å². The summed E-state index contributed by atoms with van der Waals surface area (Å²) in [7, 11) is -2.00. The van der Waals surface area contributed by atoms with Gasteiger partial charge in [0.05, 0.1) is 11.6 Å². The van der Waals surface area contributed by atoms with E-state index in [1.807, 2.05) is 0 Å². The summed E-state index contributed by atoms with van der Waals surface area (Å²) in [6, 6.07) is 2.85. The van der Waals surface area contributed by atoms with E-state index < -0.39 is 9.84 Å². The van der Waals surface area contributed by atoms with Crippen molar-refractivity contribution in [1.29, 1.82) is 0 Å². The second-order valence-electron chi connectivity index (χ2n) is 3.60. The van der Waals surface area contributed by atoms with Gasteiger partial charge in [-0.2, -0.15) is 0 Å². The highest BCUT2D eigenvalue weighted by Gasteiger charge is 2.19. The van der Waals surface area contributed by atoms with E-state index in [1.165, 1.54) is 36.8 Å². The molecule has 0 spiro atoms. The molecule has 2 rings (SSSR count). The third-order valence-electron chi connectivity index (χ3n) is 2.11. The highest BCUT2D eigenvalue weighted by molar-refractivity contribution is 7.90. The van der Waals surface area contributed by atoms with Crippen LogP contribution in [0.1, 0.15) is 10.0 Å². The number of nitrogens with zero attached hydrogens (tertiary/aromatic N) is 3. The van der Waals surface area contributed by atoms with Crippen molar-refractivity contribution in [3.63, 3.8) is 0 Å². The van der Waals surface area contributed by atoms with E-state index in [2.05, 4.69) is 15.2 Å². The number of methoxy groups -OCH3 is 1. The third-order valence-corrected chi connectivity index (χ3v) is 4.94. The fourth-order valence-electron chi connectivity index (χ4n) is 1.31. The normalized spacial score (nSPS) is 11.7. The number of rotatable bonds is 5. The van der Waals surface area contributed by atoms with E-state index in [-0.39, 0.29) is 10.8 Å². The van der Waals surface area contributed by atoms with E-state index in [4.69, 9.17) is 16.3 Å². The summed E-state index contributed by atoms with van der Waals surface area (Å²) in [4.78, 5) is 3.80. The van der Waals surface area contributed by atoms with Crippen molar-refractivity contribution in [3.8, 4) is 0 Å². The minimum Gasteiger partial charge on any atom is -0.377 e. The summed E-state index contributed by atoms with van der Waals surface area (Å²) in [5, 5.41) is 9.06. The van der Waals surface area contributed by atoms with Gasteiger partial charge in [0.1, 0.15) is 15.8 Å². The van der Waals surface area contributed by atoms with Gasteiger partial charge in [-0.1, -0.05) is 22.9 Å². The van der Waals surface area contributed by atoms with Crippen molar-refractivity contribution in [1.82, 2.24) is 15.2 Å². The molecule has 0 aliphatic heterocycles. The summed E-state index contributed by atoms with van der Waals surface area (Å²) in [5.74, 6) is -0.233. The van der Waals surface area contributed by atoms with E-state index in [1.54, 1.807) is 0 Å². The zero-order valence-corrected chi connectivity index (χ0v) is 12.3. The van der Waals surface area contributed by atoms with E-state index >= 15 is 0 Å². The van der Waals surface area contributed by atoms with Crippen LogP contribution in [0.4, 0.5) is 0 Å². The lowest BCUT2D eigenvalue weighted by Crippen LogP contribution is -2.06. The predicted molar refractivity (Wildman–Crippen MR) is 70.8 cm³/mol. The standard InChI is InChI=1S/C10H10ClN3O3S2/c1-17-5-8-13-14-9(18-8)6-19(15,16)10-3-2-7(11)4-12-10/h2-4H,5-6H2,1H3. The zero-order valence-electron chi connectivity index (χ0n) is 9.91. The number of hydrogen-bond donors (Lipinski definition) is 0. The average Bonchev–Trinajstić information content (AvgIpc) is 2.77. The van der Waals surface area contributed by atoms with Crippen LogP contribution in [0.15, 0.2) is 23.4 Å². The van der Waals surface area contributed by atoms with Gasteiger partial charge < -0.3 is 4.74 Å². The van der Waals surface area contributed by atoms with E-state index in [0.717, 1.165) is 0 Å². The number of pyridine rings is 1. The largest absolute Gasteiger partial charge is 0.377 e. The monoisotopic (exact) mass is 319 g/mol.